The summed E-state index contributed by atoms with van der Waals surface area (Å²) < 4.78 is 5.09. The van der Waals surface area contributed by atoms with Crippen LogP contribution in [-0.4, -0.2) is 29.1 Å². The van der Waals surface area contributed by atoms with Gasteiger partial charge < -0.3 is 15.2 Å². The number of carbonyl (C=O) groups is 2. The number of hydrogen-bond donors (Lipinski definition) is 2. The third kappa shape index (κ3) is 5.17. The van der Waals surface area contributed by atoms with E-state index in [1.54, 1.807) is 37.3 Å². The van der Waals surface area contributed by atoms with Crippen LogP contribution in [0.2, 0.25) is 0 Å². The molecule has 0 aromatic heterocycles. The lowest BCUT2D eigenvalue weighted by atomic mass is 9.98. The number of azo groups is 1. The van der Waals surface area contributed by atoms with E-state index in [4.69, 9.17) is 4.74 Å². The summed E-state index contributed by atoms with van der Waals surface area (Å²) in [5, 5.41) is 29.3. The molecule has 8 heteroatoms. The van der Waals surface area contributed by atoms with Gasteiger partial charge in [-0.05, 0) is 62.1 Å². The van der Waals surface area contributed by atoms with Gasteiger partial charge in [-0.3, -0.25) is 4.79 Å². The minimum atomic E-state index is -0.945. The molecule has 0 bridgehead atoms. The van der Waals surface area contributed by atoms with Crippen molar-refractivity contribution in [2.75, 3.05) is 6.61 Å². The van der Waals surface area contributed by atoms with Crippen molar-refractivity contribution in [3.8, 4) is 11.8 Å². The fourth-order valence-electron chi connectivity index (χ4n) is 2.78. The Kier molecular flexibility index (Phi) is 5.88. The first-order chi connectivity index (χ1) is 13.9. The van der Waals surface area contributed by atoms with Crippen LogP contribution in [0.5, 0.6) is 5.75 Å². The maximum atomic E-state index is 12.4. The number of benzene rings is 2. The van der Waals surface area contributed by atoms with E-state index < -0.39 is 24.0 Å². The summed E-state index contributed by atoms with van der Waals surface area (Å²) in [6.45, 7) is 1.18. The van der Waals surface area contributed by atoms with Crippen molar-refractivity contribution in [1.82, 2.24) is 5.32 Å². The molecule has 0 radical (unpaired) electrons. The standard InChI is InChI=1S/C21H20N4O4/c1-21(13-22,14-6-7-14)23-19(27)12-29-20(28)17-4-2-3-5-18(17)25-24-15-8-10-16(26)11-9-15/h2-5,8-11,14,26H,6-7,12H2,1H3,(H,23,27)/t21-/m1/s1. The zero-order valence-electron chi connectivity index (χ0n) is 15.8. The van der Waals surface area contributed by atoms with Gasteiger partial charge in [-0.1, -0.05) is 12.1 Å². The highest BCUT2D eigenvalue weighted by atomic mass is 16.5. The van der Waals surface area contributed by atoms with Gasteiger partial charge in [0.05, 0.1) is 17.3 Å². The van der Waals surface area contributed by atoms with Crippen molar-refractivity contribution in [3.63, 3.8) is 0 Å². The number of nitrogens with one attached hydrogen (secondary N) is 1. The van der Waals surface area contributed by atoms with Crippen LogP contribution >= 0.6 is 0 Å². The highest BCUT2D eigenvalue weighted by molar-refractivity contribution is 5.96. The molecule has 1 amide bonds. The van der Waals surface area contributed by atoms with Crippen LogP contribution in [0.4, 0.5) is 11.4 Å². The van der Waals surface area contributed by atoms with Crippen molar-refractivity contribution in [1.29, 1.82) is 5.26 Å². The predicted molar refractivity (Wildman–Crippen MR) is 104 cm³/mol. The molecule has 1 fully saturated rings. The van der Waals surface area contributed by atoms with E-state index in [2.05, 4.69) is 21.6 Å². The first-order valence-corrected chi connectivity index (χ1v) is 9.10. The molecule has 0 aliphatic heterocycles. The zero-order valence-corrected chi connectivity index (χ0v) is 15.8. The highest BCUT2D eigenvalue weighted by Gasteiger charge is 2.43. The number of aromatic hydroxyl groups is 1. The molecule has 1 saturated carbocycles. The summed E-state index contributed by atoms with van der Waals surface area (Å²) in [7, 11) is 0. The first kappa shape index (κ1) is 20.0. The molecule has 0 heterocycles. The summed E-state index contributed by atoms with van der Waals surface area (Å²) >= 11 is 0. The fourth-order valence-corrected chi connectivity index (χ4v) is 2.78. The molecule has 2 aromatic rings. The molecular weight excluding hydrogens is 372 g/mol. The quantitative estimate of drug-likeness (QED) is 0.548. The third-order valence-electron chi connectivity index (χ3n) is 4.61. The van der Waals surface area contributed by atoms with E-state index in [-0.39, 0.29) is 22.9 Å². The number of phenolic OH excluding ortho intramolecular Hbond substituents is 1. The predicted octanol–water partition coefficient (Wildman–Crippen LogP) is 3.77. The molecule has 3 rings (SSSR count). The summed E-state index contributed by atoms with van der Waals surface area (Å²) in [6.07, 6.45) is 1.78. The van der Waals surface area contributed by atoms with Crippen molar-refractivity contribution >= 4 is 23.3 Å². The largest absolute Gasteiger partial charge is 0.508 e. The van der Waals surface area contributed by atoms with Crippen LogP contribution in [-0.2, 0) is 9.53 Å². The van der Waals surface area contributed by atoms with Crippen molar-refractivity contribution < 1.29 is 19.4 Å². The van der Waals surface area contributed by atoms with Crippen LogP contribution in [0.1, 0.15) is 30.1 Å². The summed E-state index contributed by atoms with van der Waals surface area (Å²) in [5.74, 6) is -1.00. The van der Waals surface area contributed by atoms with E-state index in [0.717, 1.165) is 12.8 Å². The zero-order chi connectivity index (χ0) is 20.9. The number of rotatable bonds is 7. The highest BCUT2D eigenvalue weighted by Crippen LogP contribution is 2.39. The average molecular weight is 392 g/mol. The van der Waals surface area contributed by atoms with Gasteiger partial charge in [0.1, 0.15) is 17.0 Å². The molecule has 148 valence electrons. The molecule has 29 heavy (non-hydrogen) atoms. The second kappa shape index (κ2) is 8.52. The van der Waals surface area contributed by atoms with E-state index in [0.29, 0.717) is 5.69 Å². The monoisotopic (exact) mass is 392 g/mol. The summed E-state index contributed by atoms with van der Waals surface area (Å²) in [6, 6.07) is 14.7. The first-order valence-electron chi connectivity index (χ1n) is 9.10. The number of phenols is 1. The molecule has 8 nitrogen and oxygen atoms in total. The van der Waals surface area contributed by atoms with Gasteiger partial charge in [0.2, 0.25) is 0 Å². The van der Waals surface area contributed by atoms with Crippen molar-refractivity contribution in [3.05, 3.63) is 54.1 Å². The number of hydrogen-bond acceptors (Lipinski definition) is 7. The Labute approximate surface area is 167 Å². The second-order valence-electron chi connectivity index (χ2n) is 6.95. The lowest BCUT2D eigenvalue weighted by molar-refractivity contribution is -0.125. The minimum Gasteiger partial charge on any atom is -0.508 e. The van der Waals surface area contributed by atoms with Crippen LogP contribution < -0.4 is 5.32 Å². The van der Waals surface area contributed by atoms with E-state index in [1.807, 2.05) is 0 Å². The van der Waals surface area contributed by atoms with Gasteiger partial charge in [-0.15, -0.1) is 5.11 Å². The average Bonchev–Trinajstić information content (AvgIpc) is 3.58. The van der Waals surface area contributed by atoms with E-state index in [1.165, 1.54) is 18.2 Å². The van der Waals surface area contributed by atoms with E-state index >= 15 is 0 Å². The molecule has 1 aliphatic carbocycles. The Morgan fingerprint density at radius 1 is 1.21 bits per heavy atom. The van der Waals surface area contributed by atoms with Gasteiger partial charge >= 0.3 is 5.97 Å². The van der Waals surface area contributed by atoms with Crippen molar-refractivity contribution in [2.45, 2.75) is 25.3 Å². The molecule has 0 spiro atoms. The smallest absolute Gasteiger partial charge is 0.340 e. The van der Waals surface area contributed by atoms with Crippen molar-refractivity contribution in [2.24, 2.45) is 16.1 Å². The maximum Gasteiger partial charge on any atom is 0.340 e. The summed E-state index contributed by atoms with van der Waals surface area (Å²) in [4.78, 5) is 24.5. The fraction of sp³-hybridized carbons (Fsp3) is 0.286. The van der Waals surface area contributed by atoms with E-state index in [9.17, 15) is 20.0 Å². The number of ether oxygens (including phenoxy) is 1. The molecule has 1 aliphatic rings. The van der Waals surface area contributed by atoms with Crippen LogP contribution in [0.15, 0.2) is 58.8 Å². The second-order valence-corrected chi connectivity index (χ2v) is 6.95. The van der Waals surface area contributed by atoms with Gasteiger partial charge in [0.25, 0.3) is 5.91 Å². The number of nitriles is 1. The molecule has 0 unspecified atom stereocenters. The Balaban J connectivity index is 1.63. The molecule has 2 N–H and O–H groups in total. The van der Waals surface area contributed by atoms with Gasteiger partial charge in [-0.2, -0.15) is 10.4 Å². The normalized spacial score (nSPS) is 15.3. The lowest BCUT2D eigenvalue weighted by Gasteiger charge is -2.22. The lowest BCUT2D eigenvalue weighted by Crippen LogP contribution is -2.48. The number of nitrogens with zero attached hydrogens (tertiary/aromatic N) is 3. The van der Waals surface area contributed by atoms with Gasteiger partial charge in [-0.25, -0.2) is 4.79 Å². The van der Waals surface area contributed by atoms with Gasteiger partial charge in [0, 0.05) is 0 Å². The van der Waals surface area contributed by atoms with Gasteiger partial charge in [0.15, 0.2) is 6.61 Å². The minimum absolute atomic E-state index is 0.111. The maximum absolute atomic E-state index is 12.4. The van der Waals surface area contributed by atoms with Crippen LogP contribution in [0, 0.1) is 17.2 Å². The number of amides is 1. The molecular formula is C21H20N4O4. The third-order valence-corrected chi connectivity index (χ3v) is 4.61. The SMILES string of the molecule is C[C@](C#N)(NC(=O)COC(=O)c1ccccc1N=Nc1ccc(O)cc1)C1CC1. The Morgan fingerprint density at radius 2 is 1.90 bits per heavy atom. The Morgan fingerprint density at radius 3 is 2.55 bits per heavy atom. The number of esters is 1. The molecule has 1 atom stereocenters. The molecule has 0 saturated heterocycles. The topological polar surface area (TPSA) is 124 Å². The molecule has 2 aromatic carbocycles. The number of carbonyl (C=O) groups excluding carboxylic acids is 2. The van der Waals surface area contributed by atoms with Crippen LogP contribution in [0.3, 0.4) is 0 Å². The summed E-state index contributed by atoms with van der Waals surface area (Å²) in [5.41, 5.74) is -0.000170. The Hall–Kier alpha value is -3.73. The Bertz CT molecular complexity index is 977. The van der Waals surface area contributed by atoms with Crippen LogP contribution in [0.25, 0.3) is 0 Å².